The maximum atomic E-state index is 12.8. The van der Waals surface area contributed by atoms with E-state index in [4.69, 9.17) is 13.9 Å². The van der Waals surface area contributed by atoms with Crippen LogP contribution in [0.3, 0.4) is 0 Å². The van der Waals surface area contributed by atoms with E-state index in [1.54, 1.807) is 18.2 Å². The third-order valence-corrected chi connectivity index (χ3v) is 5.31. The molecule has 6 nitrogen and oxygen atoms in total. The molecule has 0 saturated carbocycles. The summed E-state index contributed by atoms with van der Waals surface area (Å²) >= 11 is 1.28. The fraction of sp³-hybridized carbons (Fsp3) is 0.136. The van der Waals surface area contributed by atoms with E-state index in [9.17, 15) is 9.59 Å². The zero-order chi connectivity index (χ0) is 20.4. The molecule has 7 heteroatoms. The van der Waals surface area contributed by atoms with Crippen LogP contribution in [0.15, 0.2) is 63.8 Å². The van der Waals surface area contributed by atoms with Crippen LogP contribution in [0.1, 0.15) is 20.2 Å². The Morgan fingerprint density at radius 2 is 1.93 bits per heavy atom. The van der Waals surface area contributed by atoms with Gasteiger partial charge in [-0.25, -0.2) is 14.6 Å². The largest absolute Gasteiger partial charge is 0.497 e. The van der Waals surface area contributed by atoms with E-state index in [0.29, 0.717) is 32.9 Å². The number of aromatic nitrogens is 1. The van der Waals surface area contributed by atoms with Gasteiger partial charge in [-0.1, -0.05) is 30.3 Å². The number of esters is 1. The molecule has 2 aromatic carbocycles. The van der Waals surface area contributed by atoms with E-state index in [1.807, 2.05) is 37.3 Å². The van der Waals surface area contributed by atoms with E-state index in [0.717, 1.165) is 10.6 Å². The highest BCUT2D eigenvalue weighted by atomic mass is 32.1. The van der Waals surface area contributed by atoms with Gasteiger partial charge in [0.05, 0.1) is 17.8 Å². The topological polar surface area (TPSA) is 78.6 Å². The molecule has 0 bridgehead atoms. The van der Waals surface area contributed by atoms with Crippen LogP contribution in [0.2, 0.25) is 0 Å². The third kappa shape index (κ3) is 3.90. The minimum Gasteiger partial charge on any atom is -0.497 e. The summed E-state index contributed by atoms with van der Waals surface area (Å²) in [7, 11) is 1.53. The number of carbonyl (C=O) groups is 1. The minimum absolute atomic E-state index is 0.0571. The van der Waals surface area contributed by atoms with Gasteiger partial charge < -0.3 is 13.9 Å². The van der Waals surface area contributed by atoms with Crippen molar-refractivity contribution < 1.29 is 18.7 Å². The molecule has 29 heavy (non-hydrogen) atoms. The van der Waals surface area contributed by atoms with Crippen LogP contribution in [-0.4, -0.2) is 18.1 Å². The first-order valence-electron chi connectivity index (χ1n) is 8.86. The zero-order valence-electron chi connectivity index (χ0n) is 15.8. The van der Waals surface area contributed by atoms with E-state index >= 15 is 0 Å². The summed E-state index contributed by atoms with van der Waals surface area (Å²) in [5.74, 6) is 0.0896. The van der Waals surface area contributed by atoms with Gasteiger partial charge >= 0.3 is 11.6 Å². The molecule has 0 spiro atoms. The van der Waals surface area contributed by atoms with E-state index in [1.165, 1.54) is 24.5 Å². The minimum atomic E-state index is -0.518. The Bertz CT molecular complexity index is 1240. The number of ether oxygens (including phenoxy) is 2. The summed E-state index contributed by atoms with van der Waals surface area (Å²) < 4.78 is 15.9. The Balaban J connectivity index is 1.62. The number of carbonyl (C=O) groups excluding carboxylic acids is 1. The summed E-state index contributed by atoms with van der Waals surface area (Å²) in [4.78, 5) is 29.6. The number of fused-ring (bicyclic) bond motifs is 1. The molecule has 0 amide bonds. The fourth-order valence-corrected chi connectivity index (χ4v) is 3.86. The van der Waals surface area contributed by atoms with Crippen molar-refractivity contribution >= 4 is 28.3 Å². The molecule has 2 heterocycles. The molecule has 146 valence electrons. The molecule has 2 aromatic heterocycles. The molecule has 0 N–H and O–H groups in total. The average molecular weight is 407 g/mol. The quantitative estimate of drug-likeness (QED) is 0.356. The highest BCUT2D eigenvalue weighted by Gasteiger charge is 2.20. The first-order chi connectivity index (χ1) is 14.0. The summed E-state index contributed by atoms with van der Waals surface area (Å²) in [5.41, 5.74) is 1.87. The Morgan fingerprint density at radius 1 is 1.14 bits per heavy atom. The Labute approximate surface area is 170 Å². The lowest BCUT2D eigenvalue weighted by Crippen LogP contribution is -2.08. The summed E-state index contributed by atoms with van der Waals surface area (Å²) in [6.07, 6.45) is 0. The van der Waals surface area contributed by atoms with Crippen molar-refractivity contribution in [3.05, 3.63) is 80.5 Å². The molecule has 0 atom stereocenters. The van der Waals surface area contributed by atoms with Crippen molar-refractivity contribution in [2.24, 2.45) is 0 Å². The smallest absolute Gasteiger partial charge is 0.350 e. The zero-order valence-corrected chi connectivity index (χ0v) is 16.6. The molecular weight excluding hydrogens is 390 g/mol. The second-order valence-electron chi connectivity index (χ2n) is 6.31. The van der Waals surface area contributed by atoms with Gasteiger partial charge in [0.25, 0.3) is 0 Å². The second kappa shape index (κ2) is 7.89. The number of hydrogen-bond donors (Lipinski definition) is 0. The number of rotatable bonds is 5. The van der Waals surface area contributed by atoms with Crippen molar-refractivity contribution in [1.29, 1.82) is 0 Å². The fourth-order valence-electron chi connectivity index (χ4n) is 3.02. The van der Waals surface area contributed by atoms with Gasteiger partial charge in [-0.15, -0.1) is 11.3 Å². The number of methoxy groups -OCH3 is 1. The lowest BCUT2D eigenvalue weighted by molar-refractivity contribution is 0.0480. The maximum Gasteiger partial charge on any atom is 0.350 e. The number of hydrogen-bond acceptors (Lipinski definition) is 7. The van der Waals surface area contributed by atoms with Gasteiger partial charge in [0, 0.05) is 28.6 Å². The normalized spacial score (nSPS) is 10.8. The molecule has 0 aliphatic rings. The predicted molar refractivity (Wildman–Crippen MR) is 110 cm³/mol. The van der Waals surface area contributed by atoms with Crippen LogP contribution in [-0.2, 0) is 11.3 Å². The molecule has 0 aliphatic carbocycles. The third-order valence-electron chi connectivity index (χ3n) is 4.36. The molecule has 4 aromatic rings. The lowest BCUT2D eigenvalue weighted by Gasteiger charge is -2.08. The van der Waals surface area contributed by atoms with Gasteiger partial charge in [-0.2, -0.15) is 0 Å². The first-order valence-corrected chi connectivity index (χ1v) is 9.67. The van der Waals surface area contributed by atoms with Crippen LogP contribution >= 0.6 is 11.3 Å². The Morgan fingerprint density at radius 3 is 2.69 bits per heavy atom. The molecule has 4 rings (SSSR count). The number of thiazole rings is 1. The number of aryl methyl sites for hydroxylation is 1. The van der Waals surface area contributed by atoms with E-state index < -0.39 is 11.6 Å². The van der Waals surface area contributed by atoms with Crippen molar-refractivity contribution in [2.45, 2.75) is 13.5 Å². The van der Waals surface area contributed by atoms with E-state index in [2.05, 4.69) is 4.98 Å². The monoisotopic (exact) mass is 407 g/mol. The van der Waals surface area contributed by atoms with Gasteiger partial charge in [-0.05, 0) is 19.1 Å². The van der Waals surface area contributed by atoms with Crippen molar-refractivity contribution in [1.82, 2.24) is 4.98 Å². The number of benzene rings is 2. The van der Waals surface area contributed by atoms with Crippen LogP contribution in [0, 0.1) is 6.92 Å². The van der Waals surface area contributed by atoms with Crippen molar-refractivity contribution in [3.8, 4) is 17.0 Å². The van der Waals surface area contributed by atoms with Crippen LogP contribution in [0.4, 0.5) is 0 Å². The Kier molecular flexibility index (Phi) is 5.14. The molecule has 0 unspecified atom stereocenters. The summed E-state index contributed by atoms with van der Waals surface area (Å²) in [6.45, 7) is 1.79. The SMILES string of the molecule is COc1ccc2c(COC(=O)c3sc(C)nc3-c3ccccc3)cc(=O)oc2c1. The molecule has 0 aliphatic heterocycles. The van der Waals surface area contributed by atoms with Crippen molar-refractivity contribution in [2.75, 3.05) is 7.11 Å². The van der Waals surface area contributed by atoms with Gasteiger partial charge in [0.15, 0.2) is 0 Å². The maximum absolute atomic E-state index is 12.8. The van der Waals surface area contributed by atoms with Gasteiger partial charge in [-0.3, -0.25) is 0 Å². The number of nitrogens with zero attached hydrogens (tertiary/aromatic N) is 1. The van der Waals surface area contributed by atoms with Gasteiger partial charge in [0.1, 0.15) is 22.8 Å². The lowest BCUT2D eigenvalue weighted by atomic mass is 10.1. The summed E-state index contributed by atoms with van der Waals surface area (Å²) in [5, 5.41) is 1.45. The average Bonchev–Trinajstić information content (AvgIpc) is 3.13. The van der Waals surface area contributed by atoms with Crippen LogP contribution < -0.4 is 10.4 Å². The molecular formula is C22H17NO5S. The van der Waals surface area contributed by atoms with Crippen molar-refractivity contribution in [3.63, 3.8) is 0 Å². The molecule has 0 saturated heterocycles. The van der Waals surface area contributed by atoms with Gasteiger partial charge in [0.2, 0.25) is 0 Å². The van der Waals surface area contributed by atoms with Crippen LogP contribution in [0.25, 0.3) is 22.2 Å². The molecule has 0 fully saturated rings. The summed E-state index contributed by atoms with van der Waals surface area (Å²) in [6, 6.07) is 16.0. The first kappa shape index (κ1) is 18.9. The molecule has 0 radical (unpaired) electrons. The van der Waals surface area contributed by atoms with E-state index in [-0.39, 0.29) is 6.61 Å². The highest BCUT2D eigenvalue weighted by Crippen LogP contribution is 2.29. The Hall–Kier alpha value is -3.45. The predicted octanol–water partition coefficient (Wildman–Crippen LogP) is 4.59. The van der Waals surface area contributed by atoms with Crippen LogP contribution in [0.5, 0.6) is 5.75 Å². The second-order valence-corrected chi connectivity index (χ2v) is 7.51. The highest BCUT2D eigenvalue weighted by molar-refractivity contribution is 7.14. The standard InChI is InChI=1S/C22H17NO5S/c1-13-23-20(14-6-4-3-5-7-14)21(29-13)22(25)27-12-15-10-19(24)28-18-11-16(26-2)8-9-17(15)18/h3-11H,12H2,1-2H3.